The second kappa shape index (κ2) is 5.23. The lowest BCUT2D eigenvalue weighted by atomic mass is 10.1. The van der Waals surface area contributed by atoms with Gasteiger partial charge in [-0.15, -0.1) is 0 Å². The Bertz CT molecular complexity index is 524. The number of anilines is 1. The summed E-state index contributed by atoms with van der Waals surface area (Å²) in [4.78, 5) is -0.00118. The molecule has 0 aliphatic heterocycles. The van der Waals surface area contributed by atoms with Crippen LogP contribution in [0.15, 0.2) is 23.1 Å². The lowest BCUT2D eigenvalue weighted by Crippen LogP contribution is -2.51. The molecule has 0 bridgehead atoms. The highest BCUT2D eigenvalue weighted by Crippen LogP contribution is 2.18. The van der Waals surface area contributed by atoms with Crippen molar-refractivity contribution < 1.29 is 18.6 Å². The molecule has 0 saturated heterocycles. The quantitative estimate of drug-likeness (QED) is 0.546. The van der Waals surface area contributed by atoms with Crippen molar-refractivity contribution in [1.82, 2.24) is 4.72 Å². The smallest absolute Gasteiger partial charge is 0.241 e. The van der Waals surface area contributed by atoms with Gasteiger partial charge in [-0.1, -0.05) is 6.07 Å². The zero-order chi connectivity index (χ0) is 14.0. The molecule has 0 fully saturated rings. The highest BCUT2D eigenvalue weighted by atomic mass is 32.2. The van der Waals surface area contributed by atoms with Gasteiger partial charge in [-0.3, -0.25) is 0 Å². The third kappa shape index (κ3) is 3.20. The summed E-state index contributed by atoms with van der Waals surface area (Å²) < 4.78 is 26.3. The molecule has 0 aromatic heterocycles. The maximum atomic E-state index is 12.0. The SMILES string of the molecule is Cc1ccc(S(=O)(=O)NC(C)(CO)CO)cc1N. The standard InChI is InChI=1S/C11H18N2O4S/c1-8-3-4-9(5-10(8)12)18(16,17)13-11(2,6-14)7-15/h3-5,13-15H,6-7,12H2,1-2H3. The molecular formula is C11H18N2O4S. The predicted octanol–water partition coefficient (Wildman–Crippen LogP) is -0.401. The Morgan fingerprint density at radius 2 is 1.89 bits per heavy atom. The number of benzene rings is 1. The molecule has 0 aliphatic rings. The Hall–Kier alpha value is -1.15. The van der Waals surface area contributed by atoms with Crippen molar-refractivity contribution in [3.8, 4) is 0 Å². The molecule has 0 unspecified atom stereocenters. The minimum Gasteiger partial charge on any atom is -0.398 e. The van der Waals surface area contributed by atoms with E-state index in [9.17, 15) is 8.42 Å². The molecule has 1 aromatic carbocycles. The van der Waals surface area contributed by atoms with E-state index >= 15 is 0 Å². The van der Waals surface area contributed by atoms with E-state index in [1.165, 1.54) is 19.1 Å². The summed E-state index contributed by atoms with van der Waals surface area (Å²) in [5.41, 5.74) is 5.49. The van der Waals surface area contributed by atoms with Crippen LogP contribution in [0.3, 0.4) is 0 Å². The average molecular weight is 274 g/mol. The van der Waals surface area contributed by atoms with E-state index in [4.69, 9.17) is 15.9 Å². The second-order valence-electron chi connectivity index (χ2n) is 4.50. The van der Waals surface area contributed by atoms with E-state index in [2.05, 4.69) is 4.72 Å². The maximum absolute atomic E-state index is 12.0. The van der Waals surface area contributed by atoms with Crippen molar-refractivity contribution in [2.45, 2.75) is 24.3 Å². The van der Waals surface area contributed by atoms with E-state index in [0.717, 1.165) is 5.56 Å². The number of hydrogen-bond acceptors (Lipinski definition) is 5. The number of nitrogens with one attached hydrogen (secondary N) is 1. The first-order valence-electron chi connectivity index (χ1n) is 5.36. The number of sulfonamides is 1. The van der Waals surface area contributed by atoms with Gasteiger partial charge in [0.05, 0.1) is 23.6 Å². The van der Waals surface area contributed by atoms with Gasteiger partial charge in [-0.25, -0.2) is 13.1 Å². The molecule has 0 amide bonds. The number of nitrogen functional groups attached to an aromatic ring is 1. The second-order valence-corrected chi connectivity index (χ2v) is 6.18. The van der Waals surface area contributed by atoms with Crippen LogP contribution < -0.4 is 10.5 Å². The molecule has 0 saturated carbocycles. The lowest BCUT2D eigenvalue weighted by Gasteiger charge is -2.25. The van der Waals surface area contributed by atoms with Crippen LogP contribution in [-0.4, -0.2) is 37.4 Å². The number of aliphatic hydroxyl groups is 2. The van der Waals surface area contributed by atoms with Crippen LogP contribution in [0.5, 0.6) is 0 Å². The summed E-state index contributed by atoms with van der Waals surface area (Å²) >= 11 is 0. The Balaban J connectivity index is 3.10. The van der Waals surface area contributed by atoms with Crippen LogP contribution in [0, 0.1) is 6.92 Å². The van der Waals surface area contributed by atoms with E-state index in [1.54, 1.807) is 13.0 Å². The molecule has 1 rings (SSSR count). The molecule has 18 heavy (non-hydrogen) atoms. The van der Waals surface area contributed by atoms with E-state index in [-0.39, 0.29) is 4.90 Å². The van der Waals surface area contributed by atoms with Gasteiger partial charge in [0.1, 0.15) is 0 Å². The van der Waals surface area contributed by atoms with Gasteiger partial charge in [0.25, 0.3) is 0 Å². The fourth-order valence-electron chi connectivity index (χ4n) is 1.28. The molecule has 1 aromatic rings. The number of nitrogens with two attached hydrogens (primary N) is 1. The van der Waals surface area contributed by atoms with Crippen molar-refractivity contribution in [2.24, 2.45) is 0 Å². The van der Waals surface area contributed by atoms with Crippen LogP contribution in [0.4, 0.5) is 5.69 Å². The minimum atomic E-state index is -3.83. The molecule has 0 atom stereocenters. The highest BCUT2D eigenvalue weighted by Gasteiger charge is 2.29. The van der Waals surface area contributed by atoms with Crippen molar-refractivity contribution in [3.63, 3.8) is 0 Å². The first-order chi connectivity index (χ1) is 8.24. The molecule has 5 N–H and O–H groups in total. The van der Waals surface area contributed by atoms with Crippen molar-refractivity contribution in [1.29, 1.82) is 0 Å². The summed E-state index contributed by atoms with van der Waals surface area (Å²) in [6.07, 6.45) is 0. The topological polar surface area (TPSA) is 113 Å². The van der Waals surface area contributed by atoms with Crippen molar-refractivity contribution in [2.75, 3.05) is 18.9 Å². The van der Waals surface area contributed by atoms with Gasteiger partial charge in [0, 0.05) is 5.69 Å². The van der Waals surface area contributed by atoms with Gasteiger partial charge in [0.15, 0.2) is 0 Å². The Morgan fingerprint density at radius 1 is 1.33 bits per heavy atom. The van der Waals surface area contributed by atoms with Gasteiger partial charge in [-0.2, -0.15) is 0 Å². The van der Waals surface area contributed by atoms with Crippen LogP contribution in [0.2, 0.25) is 0 Å². The Kier molecular flexibility index (Phi) is 4.33. The van der Waals surface area contributed by atoms with Crippen LogP contribution in [0.25, 0.3) is 0 Å². The first kappa shape index (κ1) is 14.9. The predicted molar refractivity (Wildman–Crippen MR) is 68.5 cm³/mol. The molecule has 102 valence electrons. The molecule has 0 radical (unpaired) electrons. The summed E-state index contributed by atoms with van der Waals surface area (Å²) in [7, 11) is -3.83. The first-order valence-corrected chi connectivity index (χ1v) is 6.84. The number of aliphatic hydroxyl groups excluding tert-OH is 2. The van der Waals surface area contributed by atoms with E-state index in [1.807, 2.05) is 0 Å². The van der Waals surface area contributed by atoms with Crippen molar-refractivity contribution in [3.05, 3.63) is 23.8 Å². The lowest BCUT2D eigenvalue weighted by molar-refractivity contribution is 0.122. The number of hydrogen-bond donors (Lipinski definition) is 4. The van der Waals surface area contributed by atoms with E-state index < -0.39 is 28.8 Å². The monoisotopic (exact) mass is 274 g/mol. The fraction of sp³-hybridized carbons (Fsp3) is 0.455. The van der Waals surface area contributed by atoms with Gasteiger partial charge < -0.3 is 15.9 Å². The fourth-order valence-corrected chi connectivity index (χ4v) is 2.71. The Morgan fingerprint density at radius 3 is 2.33 bits per heavy atom. The maximum Gasteiger partial charge on any atom is 0.241 e. The van der Waals surface area contributed by atoms with Crippen LogP contribution in [-0.2, 0) is 10.0 Å². The van der Waals surface area contributed by atoms with Gasteiger partial charge in [0.2, 0.25) is 10.0 Å². The summed E-state index contributed by atoms with van der Waals surface area (Å²) in [5, 5.41) is 18.2. The third-order valence-corrected chi connectivity index (χ3v) is 4.28. The molecule has 6 nitrogen and oxygen atoms in total. The molecule has 0 heterocycles. The largest absolute Gasteiger partial charge is 0.398 e. The normalized spacial score (nSPS) is 12.7. The van der Waals surface area contributed by atoms with Crippen molar-refractivity contribution >= 4 is 15.7 Å². The van der Waals surface area contributed by atoms with Gasteiger partial charge >= 0.3 is 0 Å². The minimum absolute atomic E-state index is 0.00118. The third-order valence-electron chi connectivity index (χ3n) is 2.64. The van der Waals surface area contributed by atoms with Crippen LogP contribution in [0.1, 0.15) is 12.5 Å². The molecular weight excluding hydrogens is 256 g/mol. The number of rotatable bonds is 5. The number of aryl methyl sites for hydroxylation is 1. The molecule has 0 spiro atoms. The zero-order valence-corrected chi connectivity index (χ0v) is 11.2. The summed E-state index contributed by atoms with van der Waals surface area (Å²) in [6.45, 7) is 2.15. The van der Waals surface area contributed by atoms with Gasteiger partial charge in [-0.05, 0) is 31.5 Å². The highest BCUT2D eigenvalue weighted by molar-refractivity contribution is 7.89. The molecule has 7 heteroatoms. The van der Waals surface area contributed by atoms with Crippen LogP contribution >= 0.6 is 0 Å². The summed E-state index contributed by atoms with van der Waals surface area (Å²) in [5.74, 6) is 0. The zero-order valence-electron chi connectivity index (χ0n) is 10.3. The Labute approximate surface area is 106 Å². The molecule has 0 aliphatic carbocycles. The average Bonchev–Trinajstić information content (AvgIpc) is 2.32. The van der Waals surface area contributed by atoms with E-state index in [0.29, 0.717) is 5.69 Å². The summed E-state index contributed by atoms with van der Waals surface area (Å²) in [6, 6.07) is 4.36.